The molecule has 1 atom stereocenters. The van der Waals surface area contributed by atoms with Gasteiger partial charge in [0.15, 0.2) is 0 Å². The zero-order valence-corrected chi connectivity index (χ0v) is 11.3. The van der Waals surface area contributed by atoms with Gasteiger partial charge in [-0.25, -0.2) is 9.18 Å². The predicted molar refractivity (Wildman–Crippen MR) is 66.9 cm³/mol. The van der Waals surface area contributed by atoms with Crippen molar-refractivity contribution < 1.29 is 27.1 Å². The number of rotatable bonds is 5. The van der Waals surface area contributed by atoms with E-state index >= 15 is 0 Å². The number of benzene rings is 1. The van der Waals surface area contributed by atoms with E-state index in [-0.39, 0.29) is 18.2 Å². The van der Waals surface area contributed by atoms with Crippen molar-refractivity contribution >= 4 is 5.97 Å². The lowest BCUT2D eigenvalue weighted by Gasteiger charge is -2.21. The van der Waals surface area contributed by atoms with Crippen LogP contribution in [0.4, 0.5) is 17.6 Å². The summed E-state index contributed by atoms with van der Waals surface area (Å²) in [5, 5.41) is 2.83. The smallest absolute Gasteiger partial charge is 0.416 e. The van der Waals surface area contributed by atoms with Gasteiger partial charge < -0.3 is 4.74 Å². The maximum atomic E-state index is 13.1. The first kappa shape index (κ1) is 15.8. The second kappa shape index (κ2) is 6.01. The molecule has 1 aliphatic rings. The van der Waals surface area contributed by atoms with Crippen LogP contribution in [0.2, 0.25) is 0 Å². The second-order valence-electron chi connectivity index (χ2n) is 4.86. The molecule has 0 amide bonds. The van der Waals surface area contributed by atoms with Crippen LogP contribution in [-0.4, -0.2) is 18.6 Å². The molecular weight excluding hydrogens is 290 g/mol. The first-order valence-electron chi connectivity index (χ1n) is 6.62. The van der Waals surface area contributed by atoms with Crippen LogP contribution >= 0.6 is 0 Å². The molecule has 1 fully saturated rings. The molecule has 1 aromatic rings. The van der Waals surface area contributed by atoms with E-state index in [4.69, 9.17) is 4.74 Å². The Morgan fingerprint density at radius 3 is 2.62 bits per heavy atom. The monoisotopic (exact) mass is 305 g/mol. The van der Waals surface area contributed by atoms with Gasteiger partial charge in [0, 0.05) is 6.04 Å². The zero-order valence-electron chi connectivity index (χ0n) is 11.3. The first-order valence-corrected chi connectivity index (χ1v) is 6.62. The van der Waals surface area contributed by atoms with Crippen LogP contribution in [0.5, 0.6) is 0 Å². The summed E-state index contributed by atoms with van der Waals surface area (Å²) in [5.74, 6) is -1.79. The Morgan fingerprint density at radius 2 is 2.10 bits per heavy atom. The van der Waals surface area contributed by atoms with E-state index < -0.39 is 29.6 Å². The molecule has 3 nitrogen and oxygen atoms in total. The minimum atomic E-state index is -4.74. The normalized spacial score (nSPS) is 16.6. The Labute approximate surface area is 119 Å². The topological polar surface area (TPSA) is 38.3 Å². The third-order valence-electron chi connectivity index (χ3n) is 3.13. The molecule has 1 aliphatic carbocycles. The van der Waals surface area contributed by atoms with E-state index in [1.165, 1.54) is 0 Å². The number of ether oxygens (including phenoxy) is 1. The molecular formula is C14H15F4NO2. The molecule has 0 radical (unpaired) electrons. The maximum absolute atomic E-state index is 13.1. The summed E-state index contributed by atoms with van der Waals surface area (Å²) in [6, 6.07) is 1.04. The number of alkyl halides is 3. The summed E-state index contributed by atoms with van der Waals surface area (Å²) < 4.78 is 57.1. The average molecular weight is 305 g/mol. The fraction of sp³-hybridized carbons (Fsp3) is 0.500. The van der Waals surface area contributed by atoms with Gasteiger partial charge in [-0.05, 0) is 37.5 Å². The fourth-order valence-electron chi connectivity index (χ4n) is 2.02. The van der Waals surface area contributed by atoms with Gasteiger partial charge in [-0.3, -0.25) is 5.32 Å². The second-order valence-corrected chi connectivity index (χ2v) is 4.86. The van der Waals surface area contributed by atoms with Crippen molar-refractivity contribution in [3.63, 3.8) is 0 Å². The molecule has 0 heterocycles. The van der Waals surface area contributed by atoms with Crippen LogP contribution in [0, 0.1) is 5.82 Å². The Hall–Kier alpha value is -1.63. The highest BCUT2D eigenvalue weighted by atomic mass is 19.4. The lowest BCUT2D eigenvalue weighted by molar-refractivity contribution is -0.147. The van der Waals surface area contributed by atoms with E-state index in [1.807, 2.05) is 0 Å². The van der Waals surface area contributed by atoms with E-state index in [2.05, 4.69) is 5.32 Å². The van der Waals surface area contributed by atoms with Crippen molar-refractivity contribution in [2.75, 3.05) is 6.61 Å². The summed E-state index contributed by atoms with van der Waals surface area (Å²) in [4.78, 5) is 11.9. The SMILES string of the molecule is CCOC(=O)C(NC1CC1)c1ccc(F)cc1C(F)(F)F. The summed E-state index contributed by atoms with van der Waals surface area (Å²) in [7, 11) is 0. The standard InChI is InChI=1S/C14H15F4NO2/c1-2-21-13(20)12(19-9-4-5-9)10-6-3-8(15)7-11(10)14(16,17)18/h3,6-7,9,12,19H,2,4-5H2,1H3. The first-order chi connectivity index (χ1) is 9.82. The molecule has 1 saturated carbocycles. The molecule has 0 aliphatic heterocycles. The number of carbonyl (C=O) groups is 1. The molecule has 116 valence electrons. The summed E-state index contributed by atoms with van der Waals surface area (Å²) >= 11 is 0. The van der Waals surface area contributed by atoms with E-state index in [9.17, 15) is 22.4 Å². The van der Waals surface area contributed by atoms with Gasteiger partial charge in [0.05, 0.1) is 12.2 Å². The molecule has 7 heteroatoms. The van der Waals surface area contributed by atoms with Crippen molar-refractivity contribution in [2.45, 2.75) is 38.0 Å². The highest BCUT2D eigenvalue weighted by molar-refractivity contribution is 5.78. The van der Waals surface area contributed by atoms with Crippen LogP contribution in [0.25, 0.3) is 0 Å². The molecule has 0 aromatic heterocycles. The van der Waals surface area contributed by atoms with Crippen molar-refractivity contribution in [3.8, 4) is 0 Å². The van der Waals surface area contributed by atoms with Gasteiger partial charge in [-0.2, -0.15) is 13.2 Å². The largest absolute Gasteiger partial charge is 0.465 e. The lowest BCUT2D eigenvalue weighted by atomic mass is 9.99. The summed E-state index contributed by atoms with van der Waals surface area (Å²) in [6.45, 7) is 1.63. The number of nitrogens with one attached hydrogen (secondary N) is 1. The molecule has 0 spiro atoms. The maximum Gasteiger partial charge on any atom is 0.416 e. The van der Waals surface area contributed by atoms with E-state index in [0.29, 0.717) is 6.07 Å². The summed E-state index contributed by atoms with van der Waals surface area (Å²) in [5.41, 5.74) is -1.47. The van der Waals surface area contributed by atoms with Gasteiger partial charge in [-0.1, -0.05) is 6.07 Å². The third kappa shape index (κ3) is 3.93. The zero-order chi connectivity index (χ0) is 15.6. The Kier molecular flexibility index (Phi) is 4.51. The Bertz CT molecular complexity index is 526. The molecule has 1 N–H and O–H groups in total. The van der Waals surface area contributed by atoms with Crippen molar-refractivity contribution in [3.05, 3.63) is 35.1 Å². The highest BCUT2D eigenvalue weighted by Gasteiger charge is 2.39. The van der Waals surface area contributed by atoms with Crippen molar-refractivity contribution in [2.24, 2.45) is 0 Å². The number of carbonyl (C=O) groups excluding carboxylic acids is 1. The van der Waals surface area contributed by atoms with Crippen LogP contribution < -0.4 is 5.32 Å². The molecule has 2 rings (SSSR count). The quantitative estimate of drug-likeness (QED) is 0.670. The number of hydrogen-bond donors (Lipinski definition) is 1. The van der Waals surface area contributed by atoms with E-state index in [0.717, 1.165) is 25.0 Å². The van der Waals surface area contributed by atoms with Crippen molar-refractivity contribution in [1.82, 2.24) is 5.32 Å². The van der Waals surface area contributed by atoms with Gasteiger partial charge in [-0.15, -0.1) is 0 Å². The van der Waals surface area contributed by atoms with Gasteiger partial charge in [0.25, 0.3) is 0 Å². The van der Waals surface area contributed by atoms with Crippen LogP contribution in [0.15, 0.2) is 18.2 Å². The van der Waals surface area contributed by atoms with Crippen LogP contribution in [0.1, 0.15) is 36.9 Å². The van der Waals surface area contributed by atoms with Gasteiger partial charge in [0.2, 0.25) is 0 Å². The number of hydrogen-bond acceptors (Lipinski definition) is 3. The fourth-order valence-corrected chi connectivity index (χ4v) is 2.02. The highest BCUT2D eigenvalue weighted by Crippen LogP contribution is 2.36. The Balaban J connectivity index is 2.40. The average Bonchev–Trinajstić information content (AvgIpc) is 3.19. The minimum Gasteiger partial charge on any atom is -0.465 e. The van der Waals surface area contributed by atoms with E-state index in [1.54, 1.807) is 6.92 Å². The Morgan fingerprint density at radius 1 is 1.43 bits per heavy atom. The minimum absolute atomic E-state index is 0.00876. The molecule has 1 unspecified atom stereocenters. The van der Waals surface area contributed by atoms with Crippen molar-refractivity contribution in [1.29, 1.82) is 0 Å². The number of esters is 1. The van der Waals surface area contributed by atoms with Crippen LogP contribution in [0.3, 0.4) is 0 Å². The van der Waals surface area contributed by atoms with Gasteiger partial charge in [0.1, 0.15) is 11.9 Å². The molecule has 1 aromatic carbocycles. The molecule has 0 bridgehead atoms. The van der Waals surface area contributed by atoms with Gasteiger partial charge >= 0.3 is 12.1 Å². The molecule has 21 heavy (non-hydrogen) atoms. The summed E-state index contributed by atoms with van der Waals surface area (Å²) in [6.07, 6.45) is -3.16. The third-order valence-corrected chi connectivity index (χ3v) is 3.13. The van der Waals surface area contributed by atoms with Crippen LogP contribution in [-0.2, 0) is 15.7 Å². The predicted octanol–water partition coefficient (Wildman–Crippen LogP) is 3.20. The number of halogens is 4. The molecule has 0 saturated heterocycles. The lowest BCUT2D eigenvalue weighted by Crippen LogP contribution is -2.33.